The molecule has 2 aliphatic carbocycles. The Balaban J connectivity index is 0.937. The van der Waals surface area contributed by atoms with Crippen LogP contribution in [0.3, 0.4) is 0 Å². The minimum Gasteiger partial charge on any atom is -0.505 e. The summed E-state index contributed by atoms with van der Waals surface area (Å²) in [5, 5.41) is 31.5. The lowest BCUT2D eigenvalue weighted by molar-refractivity contribution is 0.248. The average Bonchev–Trinajstić information content (AvgIpc) is 1.66. The first-order valence-electron chi connectivity index (χ1n) is 35.6. The number of ether oxygens (including phenoxy) is 2. The summed E-state index contributed by atoms with van der Waals surface area (Å²) in [6.07, 6.45) is 7.09. The Morgan fingerprint density at radius 2 is 0.632 bits per heavy atom. The van der Waals surface area contributed by atoms with Gasteiger partial charge < -0.3 is 28.8 Å². The molecule has 10 aromatic rings. The summed E-state index contributed by atoms with van der Waals surface area (Å²) in [6.45, 7) is 51.6. The van der Waals surface area contributed by atoms with E-state index in [4.69, 9.17) is 9.47 Å². The number of rotatable bonds is 16. The highest BCUT2D eigenvalue weighted by atomic mass is 16.5. The van der Waals surface area contributed by atoms with Gasteiger partial charge in [-0.05, 0) is 235 Å². The molecule has 0 unspecified atom stereocenters. The first-order chi connectivity index (χ1) is 44.1. The molecule has 500 valence electrons. The summed E-state index contributed by atoms with van der Waals surface area (Å²) in [6, 6.07) is 50.2. The van der Waals surface area contributed by atoms with Crippen molar-refractivity contribution < 1.29 is 19.7 Å². The smallest absolute Gasteiger partial charge is 0.147 e. The molecule has 2 heterocycles. The van der Waals surface area contributed by atoms with Crippen molar-refractivity contribution in [3.8, 4) is 56.6 Å². The first-order valence-corrected chi connectivity index (χ1v) is 35.6. The molecule has 95 heavy (non-hydrogen) atoms. The molecular weight excluding hydrogens is 1160 g/mol. The van der Waals surface area contributed by atoms with Crippen molar-refractivity contribution in [1.82, 2.24) is 9.13 Å². The van der Waals surface area contributed by atoms with Crippen molar-refractivity contribution in [2.45, 2.75) is 242 Å². The normalized spacial score (nSPS) is 14.9. The van der Waals surface area contributed by atoms with Crippen LogP contribution in [0.2, 0.25) is 0 Å². The molecule has 0 bridgehead atoms. The maximum Gasteiger partial charge on any atom is 0.147 e. The van der Waals surface area contributed by atoms with Crippen LogP contribution in [0.5, 0.6) is 23.0 Å². The van der Waals surface area contributed by atoms with Gasteiger partial charge in [0.15, 0.2) is 0 Å². The van der Waals surface area contributed by atoms with E-state index < -0.39 is 0 Å². The van der Waals surface area contributed by atoms with Crippen LogP contribution >= 0.6 is 0 Å². The maximum atomic E-state index is 13.4. The molecular formula is C89H110N2O4. The molecule has 2 aromatic heterocycles. The zero-order valence-electron chi connectivity index (χ0n) is 61.8. The van der Waals surface area contributed by atoms with Crippen LogP contribution in [-0.2, 0) is 32.5 Å². The monoisotopic (exact) mass is 1270 g/mol. The predicted octanol–water partition coefficient (Wildman–Crippen LogP) is 24.8. The number of aromatic hydroxyl groups is 2. The molecule has 0 saturated heterocycles. The second-order valence-corrected chi connectivity index (χ2v) is 36.7. The van der Waals surface area contributed by atoms with E-state index in [1.165, 1.54) is 66.1 Å². The molecule has 0 spiro atoms. The van der Waals surface area contributed by atoms with Crippen LogP contribution in [0, 0.1) is 10.8 Å². The molecule has 8 aromatic carbocycles. The van der Waals surface area contributed by atoms with E-state index >= 15 is 0 Å². The third kappa shape index (κ3) is 13.7. The van der Waals surface area contributed by atoms with Crippen molar-refractivity contribution >= 4 is 43.6 Å². The van der Waals surface area contributed by atoms with Crippen LogP contribution in [-0.4, -0.2) is 32.6 Å². The minimum atomic E-state index is -0.254. The fourth-order valence-corrected chi connectivity index (χ4v) is 15.6. The molecule has 2 saturated carbocycles. The summed E-state index contributed by atoms with van der Waals surface area (Å²) in [7, 11) is 0. The molecule has 0 radical (unpaired) electrons. The summed E-state index contributed by atoms with van der Waals surface area (Å²) < 4.78 is 18.7. The van der Waals surface area contributed by atoms with Crippen LogP contribution in [0.15, 0.2) is 133 Å². The molecule has 12 rings (SSSR count). The number of fused-ring (bicyclic) bond motifs is 6. The van der Waals surface area contributed by atoms with Gasteiger partial charge in [0.2, 0.25) is 0 Å². The second kappa shape index (κ2) is 23.7. The Hall–Kier alpha value is -7.44. The van der Waals surface area contributed by atoms with Gasteiger partial charge in [-0.2, -0.15) is 0 Å². The lowest BCUT2D eigenvalue weighted by Crippen LogP contribution is -2.25. The molecule has 2 N–H and O–H groups in total. The fraction of sp³-hybridized carbons (Fsp3) is 0.461. The highest BCUT2D eigenvalue weighted by Crippen LogP contribution is 2.53. The summed E-state index contributed by atoms with van der Waals surface area (Å²) in [5.41, 5.74) is 18.6. The molecule has 6 heteroatoms. The Kier molecular flexibility index (Phi) is 16.8. The van der Waals surface area contributed by atoms with Crippen molar-refractivity contribution in [1.29, 1.82) is 0 Å². The topological polar surface area (TPSA) is 68.8 Å². The third-order valence-electron chi connectivity index (χ3n) is 20.7. The van der Waals surface area contributed by atoms with Crippen LogP contribution in [0.1, 0.15) is 254 Å². The quantitative estimate of drug-likeness (QED) is 0.0946. The largest absolute Gasteiger partial charge is 0.505 e. The van der Waals surface area contributed by atoms with E-state index in [9.17, 15) is 10.2 Å². The number of benzene rings is 8. The Bertz CT molecular complexity index is 4170. The highest BCUT2D eigenvalue weighted by Gasteiger charge is 2.35. The first kappa shape index (κ1) is 67.5. The lowest BCUT2D eigenvalue weighted by atomic mass is 9.71. The summed E-state index contributed by atoms with van der Waals surface area (Å²) in [4.78, 5) is 0. The average molecular weight is 1270 g/mol. The number of hydrogen-bond acceptors (Lipinski definition) is 4. The zero-order chi connectivity index (χ0) is 68.7. The van der Waals surface area contributed by atoms with Crippen LogP contribution in [0.25, 0.3) is 77.2 Å². The van der Waals surface area contributed by atoms with Gasteiger partial charge in [0.1, 0.15) is 23.0 Å². The maximum absolute atomic E-state index is 13.4. The van der Waals surface area contributed by atoms with Gasteiger partial charge in [-0.15, -0.1) is 0 Å². The SMILES string of the molecule is CC(C)(C)CC(C)(C)c1cc(-c2cc(C3CC3)ccc2OCCCOc2ccc(C3CC3)cc2-c2cc(C(C)(C)CC(C)(C)C)cc(-n3c4ccc(C(C)(C)C)cc4c4cc(C(C)(C)C)ccc43)c2O)c(O)c(-n2c3ccc(C(C)(C)C)cc3c3cc(C(C)(C)C)ccc32)c1. The van der Waals surface area contributed by atoms with Gasteiger partial charge in [0.05, 0.1) is 46.7 Å². The van der Waals surface area contributed by atoms with Crippen molar-refractivity contribution in [3.63, 3.8) is 0 Å². The van der Waals surface area contributed by atoms with E-state index in [1.54, 1.807) is 0 Å². The van der Waals surface area contributed by atoms with E-state index in [1.807, 2.05) is 0 Å². The Labute approximate surface area is 569 Å². The molecule has 6 nitrogen and oxygen atoms in total. The van der Waals surface area contributed by atoms with Gasteiger partial charge in [-0.3, -0.25) is 0 Å². The number of nitrogens with zero attached hydrogens (tertiary/aromatic N) is 2. The van der Waals surface area contributed by atoms with E-state index in [-0.39, 0.29) is 54.8 Å². The van der Waals surface area contributed by atoms with Gasteiger partial charge in [-0.1, -0.05) is 189 Å². The molecule has 2 aliphatic rings. The third-order valence-corrected chi connectivity index (χ3v) is 20.7. The van der Waals surface area contributed by atoms with Crippen molar-refractivity contribution in [2.24, 2.45) is 10.8 Å². The fourth-order valence-electron chi connectivity index (χ4n) is 15.6. The number of phenolic OH excluding ortho intramolecular Hbond substituents is 2. The second-order valence-electron chi connectivity index (χ2n) is 36.7. The molecule has 0 aliphatic heterocycles. The van der Waals surface area contributed by atoms with Gasteiger partial charge >= 0.3 is 0 Å². The van der Waals surface area contributed by atoms with E-state index in [0.717, 1.165) is 106 Å². The van der Waals surface area contributed by atoms with E-state index in [2.05, 4.69) is 295 Å². The minimum absolute atomic E-state index is 0.0430. The summed E-state index contributed by atoms with van der Waals surface area (Å²) >= 11 is 0. The van der Waals surface area contributed by atoms with Crippen LogP contribution in [0.4, 0.5) is 0 Å². The molecule has 2 fully saturated rings. The summed E-state index contributed by atoms with van der Waals surface area (Å²) in [5.74, 6) is 2.92. The van der Waals surface area contributed by atoms with E-state index in [0.29, 0.717) is 31.5 Å². The highest BCUT2D eigenvalue weighted by molar-refractivity contribution is 6.11. The molecule has 0 atom stereocenters. The zero-order valence-corrected chi connectivity index (χ0v) is 61.8. The van der Waals surface area contributed by atoms with Gasteiger partial charge in [0.25, 0.3) is 0 Å². The van der Waals surface area contributed by atoms with Gasteiger partial charge in [0, 0.05) is 50.2 Å². The van der Waals surface area contributed by atoms with Crippen molar-refractivity contribution in [2.75, 3.05) is 13.2 Å². The number of phenols is 2. The lowest BCUT2D eigenvalue weighted by Gasteiger charge is -2.34. The Morgan fingerprint density at radius 1 is 0.337 bits per heavy atom. The number of aromatic nitrogens is 2. The predicted molar refractivity (Wildman–Crippen MR) is 404 cm³/mol. The number of hydrogen-bond donors (Lipinski definition) is 2. The standard InChI is InChI=1S/C89H110N2O4/c1-82(2,3)52-88(19,20)62-48-70(80(92)76(50-62)90-72-34-30-58(84(7,8)9)44-64(72)65-45-59(85(10,11)12)31-35-73(65)90)68-42-56(54-24-25-54)28-38-78(68)94-40-23-41-95-79-39-29-57(55-26-27-55)43-69(79)71-49-63(89(21,22)53-83(4,5)6)51-77(81(71)93)91-74-36-32-60(86(13,14)15)46-66(74)67-47-61(87(16,17)18)33-37-75(67)91/h28-39,42-51,54-55,92-93H,23-27,40-41,52-53H2,1-22H3. The van der Waals surface area contributed by atoms with Gasteiger partial charge in [-0.25, -0.2) is 0 Å². The van der Waals surface area contributed by atoms with Crippen molar-refractivity contribution in [3.05, 3.63) is 178 Å². The Morgan fingerprint density at radius 3 is 0.895 bits per heavy atom. The van der Waals surface area contributed by atoms with Crippen LogP contribution < -0.4 is 9.47 Å². The molecule has 0 amide bonds.